The van der Waals surface area contributed by atoms with Crippen molar-refractivity contribution in [1.29, 1.82) is 0 Å². The van der Waals surface area contributed by atoms with Gasteiger partial charge >= 0.3 is 0 Å². The minimum absolute atomic E-state index is 0.0319. The highest BCUT2D eigenvalue weighted by Crippen LogP contribution is 2.18. The van der Waals surface area contributed by atoms with Gasteiger partial charge in [-0.15, -0.1) is 0 Å². The van der Waals surface area contributed by atoms with Gasteiger partial charge in [0, 0.05) is 18.7 Å². The van der Waals surface area contributed by atoms with Crippen LogP contribution in [-0.2, 0) is 11.2 Å². The molecule has 0 radical (unpaired) electrons. The highest BCUT2D eigenvalue weighted by Gasteiger charge is 2.17. The van der Waals surface area contributed by atoms with Gasteiger partial charge in [-0.2, -0.15) is 0 Å². The summed E-state index contributed by atoms with van der Waals surface area (Å²) in [5.74, 6) is 0.192. The van der Waals surface area contributed by atoms with Crippen molar-refractivity contribution in [2.45, 2.75) is 33.1 Å². The molecule has 0 aliphatic carbocycles. The summed E-state index contributed by atoms with van der Waals surface area (Å²) in [6.45, 7) is 4.74. The van der Waals surface area contributed by atoms with Gasteiger partial charge in [0.1, 0.15) is 0 Å². The van der Waals surface area contributed by atoms with Crippen LogP contribution >= 0.6 is 0 Å². The third kappa shape index (κ3) is 3.84. The zero-order valence-electron chi connectivity index (χ0n) is 11.6. The minimum Gasteiger partial charge on any atom is -0.330 e. The molecule has 0 aliphatic rings. The van der Waals surface area contributed by atoms with Crippen LogP contribution in [0.1, 0.15) is 32.3 Å². The summed E-state index contributed by atoms with van der Waals surface area (Å²) in [6, 6.07) is 8.16. The van der Waals surface area contributed by atoms with E-state index in [0.29, 0.717) is 6.54 Å². The number of aryl methyl sites for hydroxylation is 1. The molecule has 1 rings (SSSR count). The van der Waals surface area contributed by atoms with Crippen LogP contribution < -0.4 is 10.6 Å². The van der Waals surface area contributed by atoms with Crippen molar-refractivity contribution in [1.82, 2.24) is 0 Å². The lowest BCUT2D eigenvalue weighted by molar-refractivity contribution is -0.121. The molecule has 100 valence electrons. The van der Waals surface area contributed by atoms with Gasteiger partial charge in [-0.3, -0.25) is 4.79 Å². The largest absolute Gasteiger partial charge is 0.330 e. The molecule has 0 heterocycles. The third-order valence-corrected chi connectivity index (χ3v) is 3.33. The lowest BCUT2D eigenvalue weighted by Crippen LogP contribution is -2.31. The van der Waals surface area contributed by atoms with Crippen molar-refractivity contribution in [3.8, 4) is 0 Å². The Morgan fingerprint density at radius 1 is 1.33 bits per heavy atom. The van der Waals surface area contributed by atoms with Gasteiger partial charge in [-0.05, 0) is 43.5 Å². The molecule has 0 aliphatic heterocycles. The molecule has 0 spiro atoms. The number of carbonyl (C=O) groups excluding carboxylic acids is 1. The highest BCUT2D eigenvalue weighted by atomic mass is 16.2. The zero-order valence-corrected chi connectivity index (χ0v) is 11.6. The van der Waals surface area contributed by atoms with E-state index in [9.17, 15) is 4.79 Å². The van der Waals surface area contributed by atoms with Gasteiger partial charge < -0.3 is 10.6 Å². The Hall–Kier alpha value is -1.35. The molecule has 18 heavy (non-hydrogen) atoms. The van der Waals surface area contributed by atoms with Crippen LogP contribution in [0.4, 0.5) is 5.69 Å². The van der Waals surface area contributed by atoms with Crippen molar-refractivity contribution in [2.24, 2.45) is 11.7 Å². The maximum Gasteiger partial charge on any atom is 0.229 e. The molecule has 1 aromatic rings. The summed E-state index contributed by atoms with van der Waals surface area (Å²) in [4.78, 5) is 13.9. The first-order valence-electron chi connectivity index (χ1n) is 6.66. The van der Waals surface area contributed by atoms with Crippen LogP contribution in [-0.4, -0.2) is 19.5 Å². The van der Waals surface area contributed by atoms with Crippen molar-refractivity contribution in [3.63, 3.8) is 0 Å². The van der Waals surface area contributed by atoms with Crippen molar-refractivity contribution in [2.75, 3.05) is 18.5 Å². The quantitative estimate of drug-likeness (QED) is 0.841. The van der Waals surface area contributed by atoms with Gasteiger partial charge in [0.2, 0.25) is 5.91 Å². The second-order valence-corrected chi connectivity index (χ2v) is 4.75. The SMILES string of the molecule is CCc1ccc(N(C)C(=O)C(C)CCCN)cc1. The fourth-order valence-corrected chi connectivity index (χ4v) is 1.96. The lowest BCUT2D eigenvalue weighted by atomic mass is 10.0. The molecule has 0 saturated heterocycles. The first-order chi connectivity index (χ1) is 8.60. The molecule has 0 bridgehead atoms. The van der Waals surface area contributed by atoms with E-state index in [-0.39, 0.29) is 11.8 Å². The third-order valence-electron chi connectivity index (χ3n) is 3.33. The van der Waals surface area contributed by atoms with Gasteiger partial charge in [-0.25, -0.2) is 0 Å². The second kappa shape index (κ2) is 7.17. The Labute approximate surface area is 110 Å². The molecule has 3 nitrogen and oxygen atoms in total. The molecule has 0 aromatic heterocycles. The first kappa shape index (κ1) is 14.7. The maximum absolute atomic E-state index is 12.2. The van der Waals surface area contributed by atoms with Gasteiger partial charge in [-0.1, -0.05) is 26.0 Å². The Morgan fingerprint density at radius 2 is 1.94 bits per heavy atom. The summed E-state index contributed by atoms with van der Waals surface area (Å²) in [7, 11) is 1.84. The fourth-order valence-electron chi connectivity index (χ4n) is 1.96. The standard InChI is InChI=1S/C15H24N2O/c1-4-13-7-9-14(10-8-13)17(3)15(18)12(2)6-5-11-16/h7-10,12H,4-6,11,16H2,1-3H3. The van der Waals surface area contributed by atoms with E-state index in [1.807, 2.05) is 26.1 Å². The smallest absolute Gasteiger partial charge is 0.229 e. The Kier molecular flexibility index (Phi) is 5.86. The highest BCUT2D eigenvalue weighted by molar-refractivity contribution is 5.94. The average Bonchev–Trinajstić information content (AvgIpc) is 2.43. The van der Waals surface area contributed by atoms with Crippen LogP contribution in [0.2, 0.25) is 0 Å². The summed E-state index contributed by atoms with van der Waals surface area (Å²) in [6.07, 6.45) is 2.77. The van der Waals surface area contributed by atoms with E-state index in [0.717, 1.165) is 24.9 Å². The Bertz CT molecular complexity index is 373. The minimum atomic E-state index is 0.0319. The summed E-state index contributed by atoms with van der Waals surface area (Å²) < 4.78 is 0. The molecule has 1 unspecified atom stereocenters. The number of carbonyl (C=O) groups is 1. The number of nitrogens with zero attached hydrogens (tertiary/aromatic N) is 1. The van der Waals surface area contributed by atoms with Crippen LogP contribution in [0.15, 0.2) is 24.3 Å². The number of rotatable bonds is 6. The van der Waals surface area contributed by atoms with E-state index in [1.54, 1.807) is 4.90 Å². The lowest BCUT2D eigenvalue weighted by Gasteiger charge is -2.21. The predicted molar refractivity (Wildman–Crippen MR) is 76.7 cm³/mol. The van der Waals surface area contributed by atoms with E-state index < -0.39 is 0 Å². The number of amides is 1. The van der Waals surface area contributed by atoms with E-state index in [2.05, 4.69) is 19.1 Å². The summed E-state index contributed by atoms with van der Waals surface area (Å²) in [5, 5.41) is 0. The second-order valence-electron chi connectivity index (χ2n) is 4.75. The molecule has 1 atom stereocenters. The zero-order chi connectivity index (χ0) is 13.5. The van der Waals surface area contributed by atoms with Crippen molar-refractivity contribution < 1.29 is 4.79 Å². The van der Waals surface area contributed by atoms with Crippen LogP contribution in [0.3, 0.4) is 0 Å². The Balaban J connectivity index is 2.67. The van der Waals surface area contributed by atoms with Gasteiger partial charge in [0.05, 0.1) is 0 Å². The monoisotopic (exact) mass is 248 g/mol. The summed E-state index contributed by atoms with van der Waals surface area (Å²) >= 11 is 0. The van der Waals surface area contributed by atoms with E-state index in [4.69, 9.17) is 5.73 Å². The number of hydrogen-bond acceptors (Lipinski definition) is 2. The molecule has 0 saturated carbocycles. The molecular weight excluding hydrogens is 224 g/mol. The van der Waals surface area contributed by atoms with Crippen LogP contribution in [0.5, 0.6) is 0 Å². The first-order valence-corrected chi connectivity index (χ1v) is 6.66. The molecule has 3 heteroatoms. The van der Waals surface area contributed by atoms with Gasteiger partial charge in [0.25, 0.3) is 0 Å². The fraction of sp³-hybridized carbons (Fsp3) is 0.533. The average molecular weight is 248 g/mol. The number of anilines is 1. The van der Waals surface area contributed by atoms with Crippen molar-refractivity contribution >= 4 is 11.6 Å². The normalized spacial score (nSPS) is 12.2. The molecule has 2 N–H and O–H groups in total. The molecule has 1 aromatic carbocycles. The number of hydrogen-bond donors (Lipinski definition) is 1. The predicted octanol–water partition coefficient (Wildman–Crippen LogP) is 2.59. The van der Waals surface area contributed by atoms with Crippen LogP contribution in [0, 0.1) is 5.92 Å². The molecular formula is C15H24N2O. The van der Waals surface area contributed by atoms with E-state index >= 15 is 0 Å². The van der Waals surface area contributed by atoms with Gasteiger partial charge in [0.15, 0.2) is 0 Å². The summed E-state index contributed by atoms with van der Waals surface area (Å²) in [5.41, 5.74) is 7.71. The van der Waals surface area contributed by atoms with Crippen LogP contribution in [0.25, 0.3) is 0 Å². The molecule has 0 fully saturated rings. The number of benzene rings is 1. The molecule has 1 amide bonds. The topological polar surface area (TPSA) is 46.3 Å². The van der Waals surface area contributed by atoms with Crippen molar-refractivity contribution in [3.05, 3.63) is 29.8 Å². The Morgan fingerprint density at radius 3 is 2.44 bits per heavy atom. The number of nitrogens with two attached hydrogens (primary N) is 1. The maximum atomic E-state index is 12.2. The van der Waals surface area contributed by atoms with E-state index in [1.165, 1.54) is 5.56 Å².